The Morgan fingerprint density at radius 1 is 1.19 bits per heavy atom. The molecule has 0 fully saturated rings. The number of carbonyl (C=O) groups excluding carboxylic acids is 1. The van der Waals surface area contributed by atoms with E-state index in [1.54, 1.807) is 28.1 Å². The first-order valence-corrected chi connectivity index (χ1v) is 11.4. The molecule has 0 spiro atoms. The number of nitrogens with one attached hydrogen (secondary N) is 1. The quantitative estimate of drug-likeness (QED) is 0.422. The van der Waals surface area contributed by atoms with Gasteiger partial charge in [0, 0.05) is 35.8 Å². The van der Waals surface area contributed by atoms with Gasteiger partial charge in [0.1, 0.15) is 11.6 Å². The number of amides is 1. The Hall–Kier alpha value is -3.46. The van der Waals surface area contributed by atoms with Gasteiger partial charge in [0.15, 0.2) is 0 Å². The molecule has 1 amide bonds. The summed E-state index contributed by atoms with van der Waals surface area (Å²) >= 11 is 1.62. The summed E-state index contributed by atoms with van der Waals surface area (Å²) in [6.45, 7) is 5.05. The zero-order valence-electron chi connectivity index (χ0n) is 18.0. The predicted molar refractivity (Wildman–Crippen MR) is 123 cm³/mol. The largest absolute Gasteiger partial charge is 0.494 e. The van der Waals surface area contributed by atoms with Crippen LogP contribution in [0, 0.1) is 5.92 Å². The summed E-state index contributed by atoms with van der Waals surface area (Å²) in [5.41, 5.74) is 0.726. The molecular weight excluding hydrogens is 426 g/mol. The molecule has 3 aromatic heterocycles. The summed E-state index contributed by atoms with van der Waals surface area (Å²) < 4.78 is 8.69. The predicted octanol–water partition coefficient (Wildman–Crippen LogP) is 3.23. The minimum absolute atomic E-state index is 0.00224. The number of hydrogen-bond acceptors (Lipinski definition) is 6. The van der Waals surface area contributed by atoms with Crippen LogP contribution < -0.4 is 15.6 Å². The molecule has 8 nitrogen and oxygen atoms in total. The molecule has 1 N–H and O–H groups in total. The molecule has 1 aromatic carbocycles. The maximum atomic E-state index is 13.0. The zero-order chi connectivity index (χ0) is 22.5. The SMILES string of the molecule is CCOc1ccc(-n2ccn3c(C[C@@H](C)CC(=O)NCc4cccs4)nnc3c2=O)cc1. The molecule has 3 heterocycles. The van der Waals surface area contributed by atoms with E-state index in [1.807, 2.05) is 55.6 Å². The van der Waals surface area contributed by atoms with Gasteiger partial charge in [-0.2, -0.15) is 0 Å². The van der Waals surface area contributed by atoms with Gasteiger partial charge in [-0.15, -0.1) is 21.5 Å². The molecule has 0 saturated carbocycles. The third-order valence-electron chi connectivity index (χ3n) is 5.07. The first-order chi connectivity index (χ1) is 15.5. The zero-order valence-corrected chi connectivity index (χ0v) is 18.8. The van der Waals surface area contributed by atoms with Gasteiger partial charge in [-0.05, 0) is 48.6 Å². The van der Waals surface area contributed by atoms with Crippen molar-refractivity contribution in [2.24, 2.45) is 5.92 Å². The number of thiophene rings is 1. The van der Waals surface area contributed by atoms with E-state index in [1.165, 1.54) is 4.57 Å². The van der Waals surface area contributed by atoms with E-state index in [2.05, 4.69) is 15.5 Å². The van der Waals surface area contributed by atoms with Gasteiger partial charge in [-0.1, -0.05) is 13.0 Å². The number of rotatable bonds is 9. The van der Waals surface area contributed by atoms with Crippen LogP contribution in [-0.2, 0) is 17.8 Å². The van der Waals surface area contributed by atoms with Crippen molar-refractivity contribution in [3.05, 3.63) is 75.2 Å². The monoisotopic (exact) mass is 451 g/mol. The number of carbonyl (C=O) groups is 1. The Kier molecular flexibility index (Phi) is 6.65. The third-order valence-corrected chi connectivity index (χ3v) is 5.95. The van der Waals surface area contributed by atoms with Crippen LogP contribution in [0.5, 0.6) is 5.75 Å². The number of ether oxygens (including phenoxy) is 1. The van der Waals surface area contributed by atoms with Crippen molar-refractivity contribution in [3.8, 4) is 11.4 Å². The molecule has 4 aromatic rings. The van der Waals surface area contributed by atoms with Crippen molar-refractivity contribution in [2.45, 2.75) is 33.2 Å². The van der Waals surface area contributed by atoms with Gasteiger partial charge in [-0.3, -0.25) is 18.6 Å². The standard InChI is InChI=1S/C23H25N5O3S/c1-3-31-18-8-6-17(7-9-18)27-10-11-28-20(25-26-22(28)23(27)30)13-16(2)14-21(29)24-15-19-5-4-12-32-19/h4-12,16H,3,13-15H2,1-2H3,(H,24,29)/t16-/m1/s1. The van der Waals surface area contributed by atoms with Crippen molar-refractivity contribution < 1.29 is 9.53 Å². The molecule has 0 unspecified atom stereocenters. The van der Waals surface area contributed by atoms with Crippen molar-refractivity contribution >= 4 is 22.9 Å². The molecule has 0 aliphatic carbocycles. The van der Waals surface area contributed by atoms with Crippen LogP contribution in [0.25, 0.3) is 11.3 Å². The van der Waals surface area contributed by atoms with E-state index in [9.17, 15) is 9.59 Å². The Bertz CT molecular complexity index is 1250. The molecule has 4 rings (SSSR count). The van der Waals surface area contributed by atoms with Gasteiger partial charge in [0.2, 0.25) is 11.6 Å². The number of aromatic nitrogens is 4. The lowest BCUT2D eigenvalue weighted by Gasteiger charge is -2.11. The molecule has 1 atom stereocenters. The maximum Gasteiger partial charge on any atom is 0.300 e. The van der Waals surface area contributed by atoms with E-state index in [0.29, 0.717) is 31.8 Å². The Balaban J connectivity index is 1.44. The minimum atomic E-state index is -0.253. The summed E-state index contributed by atoms with van der Waals surface area (Å²) in [4.78, 5) is 26.3. The highest BCUT2D eigenvalue weighted by atomic mass is 32.1. The number of benzene rings is 1. The lowest BCUT2D eigenvalue weighted by Crippen LogP contribution is -2.25. The fourth-order valence-corrected chi connectivity index (χ4v) is 4.16. The first-order valence-electron chi connectivity index (χ1n) is 10.5. The van der Waals surface area contributed by atoms with Crippen LogP contribution in [0.4, 0.5) is 0 Å². The molecule has 9 heteroatoms. The fourth-order valence-electron chi connectivity index (χ4n) is 3.52. The van der Waals surface area contributed by atoms with Crippen LogP contribution >= 0.6 is 11.3 Å². The maximum absolute atomic E-state index is 13.0. The van der Waals surface area contributed by atoms with E-state index < -0.39 is 0 Å². The number of fused-ring (bicyclic) bond motifs is 1. The van der Waals surface area contributed by atoms with Gasteiger partial charge >= 0.3 is 5.56 Å². The Morgan fingerprint density at radius 3 is 2.72 bits per heavy atom. The highest BCUT2D eigenvalue weighted by Gasteiger charge is 2.16. The number of hydrogen-bond donors (Lipinski definition) is 1. The van der Waals surface area contributed by atoms with Crippen LogP contribution in [-0.4, -0.2) is 31.7 Å². The lowest BCUT2D eigenvalue weighted by atomic mass is 10.0. The normalized spacial score (nSPS) is 12.1. The van der Waals surface area contributed by atoms with Gasteiger partial charge in [-0.25, -0.2) is 0 Å². The first kappa shape index (κ1) is 21.8. The fraction of sp³-hybridized carbons (Fsp3) is 0.304. The van der Waals surface area contributed by atoms with E-state index in [-0.39, 0.29) is 23.0 Å². The lowest BCUT2D eigenvalue weighted by molar-refractivity contribution is -0.122. The van der Waals surface area contributed by atoms with E-state index in [0.717, 1.165) is 16.3 Å². The second-order valence-corrected chi connectivity index (χ2v) is 8.61. The molecule has 0 radical (unpaired) electrons. The Morgan fingerprint density at radius 2 is 2.00 bits per heavy atom. The average molecular weight is 452 g/mol. The number of nitrogens with zero attached hydrogens (tertiary/aromatic N) is 4. The molecule has 0 bridgehead atoms. The summed E-state index contributed by atoms with van der Waals surface area (Å²) in [6, 6.07) is 11.3. The third kappa shape index (κ3) is 4.88. The second kappa shape index (κ2) is 9.78. The van der Waals surface area contributed by atoms with Gasteiger partial charge in [0.05, 0.1) is 13.2 Å². The summed E-state index contributed by atoms with van der Waals surface area (Å²) in [7, 11) is 0. The smallest absolute Gasteiger partial charge is 0.300 e. The highest BCUT2D eigenvalue weighted by Crippen LogP contribution is 2.16. The van der Waals surface area contributed by atoms with Crippen LogP contribution in [0.15, 0.2) is 59.0 Å². The second-order valence-electron chi connectivity index (χ2n) is 7.58. The van der Waals surface area contributed by atoms with Crippen molar-refractivity contribution in [1.82, 2.24) is 24.5 Å². The summed E-state index contributed by atoms with van der Waals surface area (Å²) in [5, 5.41) is 13.3. The van der Waals surface area contributed by atoms with Gasteiger partial charge in [0.25, 0.3) is 0 Å². The van der Waals surface area contributed by atoms with Crippen LogP contribution in [0.1, 0.15) is 31.0 Å². The van der Waals surface area contributed by atoms with Crippen LogP contribution in [0.2, 0.25) is 0 Å². The molecule has 0 saturated heterocycles. The molecular formula is C23H25N5O3S. The van der Waals surface area contributed by atoms with Crippen molar-refractivity contribution in [1.29, 1.82) is 0 Å². The Labute approximate surface area is 189 Å². The molecule has 166 valence electrons. The average Bonchev–Trinajstić information content (AvgIpc) is 3.44. The van der Waals surface area contributed by atoms with E-state index >= 15 is 0 Å². The molecule has 0 aliphatic rings. The molecule has 32 heavy (non-hydrogen) atoms. The van der Waals surface area contributed by atoms with E-state index in [4.69, 9.17) is 4.74 Å². The molecule has 0 aliphatic heterocycles. The van der Waals surface area contributed by atoms with Crippen LogP contribution in [0.3, 0.4) is 0 Å². The van der Waals surface area contributed by atoms with Gasteiger partial charge < -0.3 is 10.1 Å². The topological polar surface area (TPSA) is 90.5 Å². The summed E-state index contributed by atoms with van der Waals surface area (Å²) in [5.74, 6) is 1.47. The van der Waals surface area contributed by atoms with Crippen molar-refractivity contribution in [2.75, 3.05) is 6.61 Å². The minimum Gasteiger partial charge on any atom is -0.494 e. The van der Waals surface area contributed by atoms with Crippen molar-refractivity contribution in [3.63, 3.8) is 0 Å². The summed E-state index contributed by atoms with van der Waals surface area (Å²) in [6.07, 6.45) is 4.41. The highest BCUT2D eigenvalue weighted by molar-refractivity contribution is 7.09.